The van der Waals surface area contributed by atoms with Crippen LogP contribution in [-0.2, 0) is 0 Å². The van der Waals surface area contributed by atoms with Crippen LogP contribution in [0.4, 0.5) is 5.69 Å². The maximum absolute atomic E-state index is 5.80. The minimum atomic E-state index is 0.859. The van der Waals surface area contributed by atoms with E-state index in [0.29, 0.717) is 0 Å². The van der Waals surface area contributed by atoms with Crippen LogP contribution < -0.4 is 9.75 Å². The molecule has 0 spiro atoms. The number of fused-ring (bicyclic) bond motifs is 1. The fraction of sp³-hybridized carbons (Fsp3) is 0.387. The van der Waals surface area contributed by atoms with Crippen molar-refractivity contribution in [2.24, 2.45) is 0 Å². The molecule has 0 bridgehead atoms. The summed E-state index contributed by atoms with van der Waals surface area (Å²) in [6, 6.07) is 15.5. The van der Waals surface area contributed by atoms with Crippen LogP contribution >= 0.6 is 0 Å². The number of anilines is 1. The lowest BCUT2D eigenvalue weighted by molar-refractivity contribution is 0.280. The SMILES string of the molecule is CCC1=C2C(=Cc3ccc(-n4cnc(C)c4)c(OC)c3)CCCN2N(c2ccc(C)cc2)CCCC1. The van der Waals surface area contributed by atoms with E-state index in [4.69, 9.17) is 4.74 Å². The van der Waals surface area contributed by atoms with Crippen molar-refractivity contribution in [1.82, 2.24) is 14.6 Å². The van der Waals surface area contributed by atoms with Crippen molar-refractivity contribution in [2.75, 3.05) is 25.2 Å². The second-order valence-corrected chi connectivity index (χ2v) is 9.97. The summed E-state index contributed by atoms with van der Waals surface area (Å²) in [5.41, 5.74) is 10.2. The molecule has 1 aromatic heterocycles. The van der Waals surface area contributed by atoms with Crippen molar-refractivity contribution >= 4 is 11.8 Å². The largest absolute Gasteiger partial charge is 0.495 e. The Bertz CT molecular complexity index is 1270. The number of allylic oxidation sites excluding steroid dienone is 2. The first-order valence-corrected chi connectivity index (χ1v) is 13.3. The van der Waals surface area contributed by atoms with E-state index in [2.05, 4.69) is 77.4 Å². The Kier molecular flexibility index (Phi) is 7.17. The average molecular weight is 483 g/mol. The second kappa shape index (κ2) is 10.7. The van der Waals surface area contributed by atoms with Gasteiger partial charge >= 0.3 is 0 Å². The number of aryl methyl sites for hydroxylation is 2. The van der Waals surface area contributed by atoms with Crippen molar-refractivity contribution in [2.45, 2.75) is 59.3 Å². The second-order valence-electron chi connectivity index (χ2n) is 9.97. The van der Waals surface area contributed by atoms with Crippen molar-refractivity contribution in [1.29, 1.82) is 0 Å². The van der Waals surface area contributed by atoms with E-state index >= 15 is 0 Å². The van der Waals surface area contributed by atoms with Gasteiger partial charge in [0.1, 0.15) is 5.75 Å². The van der Waals surface area contributed by atoms with Crippen molar-refractivity contribution in [3.8, 4) is 11.4 Å². The first-order chi connectivity index (χ1) is 17.6. The molecule has 5 heteroatoms. The first kappa shape index (κ1) is 24.2. The van der Waals surface area contributed by atoms with Gasteiger partial charge in [-0.3, -0.25) is 10.0 Å². The highest BCUT2D eigenvalue weighted by molar-refractivity contribution is 5.64. The maximum atomic E-state index is 5.80. The quantitative estimate of drug-likeness (QED) is 0.384. The van der Waals surface area contributed by atoms with Crippen LogP contribution in [0.25, 0.3) is 11.8 Å². The molecule has 0 saturated carbocycles. The average Bonchev–Trinajstić information content (AvgIpc) is 3.32. The van der Waals surface area contributed by atoms with Crippen LogP contribution in [0.3, 0.4) is 0 Å². The Labute approximate surface area is 215 Å². The molecule has 2 aliphatic heterocycles. The van der Waals surface area contributed by atoms with Crippen LogP contribution in [0.1, 0.15) is 62.3 Å². The number of methoxy groups -OCH3 is 1. The molecule has 2 aromatic carbocycles. The molecular weight excluding hydrogens is 444 g/mol. The number of ether oxygens (including phenoxy) is 1. The summed E-state index contributed by atoms with van der Waals surface area (Å²) in [6.45, 7) is 8.60. The number of aromatic nitrogens is 2. The molecule has 1 saturated heterocycles. The van der Waals surface area contributed by atoms with Gasteiger partial charge in [-0.05, 0) is 99.4 Å². The summed E-state index contributed by atoms with van der Waals surface area (Å²) >= 11 is 0. The van der Waals surface area contributed by atoms with E-state index in [0.717, 1.165) is 49.5 Å². The maximum Gasteiger partial charge on any atom is 0.143 e. The molecule has 0 radical (unpaired) electrons. The molecule has 0 unspecified atom stereocenters. The molecule has 0 amide bonds. The van der Waals surface area contributed by atoms with Gasteiger partial charge in [-0.15, -0.1) is 0 Å². The van der Waals surface area contributed by atoms with Gasteiger partial charge in [0.15, 0.2) is 0 Å². The van der Waals surface area contributed by atoms with Gasteiger partial charge < -0.3 is 9.30 Å². The smallest absolute Gasteiger partial charge is 0.143 e. The van der Waals surface area contributed by atoms with E-state index in [-0.39, 0.29) is 0 Å². The highest BCUT2D eigenvalue weighted by Gasteiger charge is 2.29. The molecule has 188 valence electrons. The van der Waals surface area contributed by atoms with E-state index < -0.39 is 0 Å². The summed E-state index contributed by atoms with van der Waals surface area (Å²) in [5, 5.41) is 5.11. The van der Waals surface area contributed by atoms with Crippen LogP contribution in [0.2, 0.25) is 0 Å². The standard InChI is InChI=1S/C31H38N4O/c1-5-26-9-6-7-17-34(28-14-11-23(2)12-15-28)35-18-8-10-27(31(26)35)19-25-13-16-29(30(20-25)36-4)33-21-24(3)32-22-33/h11-16,19-22H,5-10,17-18H2,1-4H3. The van der Waals surface area contributed by atoms with E-state index in [9.17, 15) is 0 Å². The van der Waals surface area contributed by atoms with Gasteiger partial charge in [-0.2, -0.15) is 0 Å². The molecule has 1 fully saturated rings. The fourth-order valence-electron chi connectivity index (χ4n) is 5.53. The van der Waals surface area contributed by atoms with Gasteiger partial charge in [0.2, 0.25) is 0 Å². The van der Waals surface area contributed by atoms with Crippen molar-refractivity contribution < 1.29 is 4.74 Å². The number of piperidine rings is 1. The molecule has 3 aromatic rings. The summed E-state index contributed by atoms with van der Waals surface area (Å²) in [4.78, 5) is 4.38. The van der Waals surface area contributed by atoms with Crippen LogP contribution in [0.15, 0.2) is 71.8 Å². The van der Waals surface area contributed by atoms with Gasteiger partial charge in [0, 0.05) is 19.3 Å². The zero-order valence-electron chi connectivity index (χ0n) is 22.1. The van der Waals surface area contributed by atoms with Crippen LogP contribution in [-0.4, -0.2) is 34.8 Å². The lowest BCUT2D eigenvalue weighted by Crippen LogP contribution is -2.47. The predicted molar refractivity (Wildman–Crippen MR) is 148 cm³/mol. The topological polar surface area (TPSA) is 33.5 Å². The summed E-state index contributed by atoms with van der Waals surface area (Å²) in [5.74, 6) is 0.859. The summed E-state index contributed by atoms with van der Waals surface area (Å²) in [6.07, 6.45) is 13.2. The Balaban J connectivity index is 1.55. The number of benzene rings is 2. The Morgan fingerprint density at radius 2 is 1.75 bits per heavy atom. The predicted octanol–water partition coefficient (Wildman–Crippen LogP) is 7.25. The van der Waals surface area contributed by atoms with Crippen molar-refractivity contribution in [3.63, 3.8) is 0 Å². The van der Waals surface area contributed by atoms with Crippen molar-refractivity contribution in [3.05, 3.63) is 88.7 Å². The monoisotopic (exact) mass is 482 g/mol. The number of imidazole rings is 1. The zero-order valence-corrected chi connectivity index (χ0v) is 22.1. The third kappa shape index (κ3) is 4.92. The third-order valence-electron chi connectivity index (χ3n) is 7.40. The van der Waals surface area contributed by atoms with Crippen LogP contribution in [0, 0.1) is 13.8 Å². The molecule has 0 atom stereocenters. The Hall–Kier alpha value is -3.47. The normalized spacial score (nSPS) is 17.7. The van der Waals surface area contributed by atoms with E-state index in [1.54, 1.807) is 12.7 Å². The molecule has 3 heterocycles. The molecule has 5 nitrogen and oxygen atoms in total. The number of hydrogen-bond acceptors (Lipinski definition) is 4. The lowest BCUT2D eigenvalue weighted by atomic mass is 9.91. The number of nitrogens with zero attached hydrogens (tertiary/aromatic N) is 4. The fourth-order valence-corrected chi connectivity index (χ4v) is 5.53. The highest BCUT2D eigenvalue weighted by atomic mass is 16.5. The van der Waals surface area contributed by atoms with Gasteiger partial charge in [0.25, 0.3) is 0 Å². The minimum Gasteiger partial charge on any atom is -0.495 e. The van der Waals surface area contributed by atoms with Gasteiger partial charge in [-0.1, -0.05) is 30.7 Å². The minimum absolute atomic E-state index is 0.859. The number of hydrogen-bond donors (Lipinski definition) is 0. The summed E-state index contributed by atoms with van der Waals surface area (Å²) in [7, 11) is 1.74. The number of hydrazine groups is 1. The Morgan fingerprint density at radius 1 is 0.944 bits per heavy atom. The van der Waals surface area contributed by atoms with E-state index in [1.165, 1.54) is 47.3 Å². The first-order valence-electron chi connectivity index (χ1n) is 13.3. The number of rotatable bonds is 5. The van der Waals surface area contributed by atoms with Gasteiger partial charge in [-0.25, -0.2) is 4.98 Å². The zero-order chi connectivity index (χ0) is 25.1. The highest BCUT2D eigenvalue weighted by Crippen LogP contribution is 2.38. The molecule has 0 aliphatic carbocycles. The molecular formula is C31H38N4O. The van der Waals surface area contributed by atoms with Crippen LogP contribution in [0.5, 0.6) is 5.75 Å². The molecule has 36 heavy (non-hydrogen) atoms. The lowest BCUT2D eigenvalue weighted by Gasteiger charge is -2.45. The molecule has 0 N–H and O–H groups in total. The molecule has 2 aliphatic rings. The van der Waals surface area contributed by atoms with E-state index in [1.807, 2.05) is 24.0 Å². The summed E-state index contributed by atoms with van der Waals surface area (Å²) < 4.78 is 7.83. The third-order valence-corrected chi connectivity index (χ3v) is 7.40. The molecule has 5 rings (SSSR count). The Morgan fingerprint density at radius 3 is 2.47 bits per heavy atom. The van der Waals surface area contributed by atoms with Gasteiger partial charge in [0.05, 0.1) is 36.2 Å².